The fourth-order valence-electron chi connectivity index (χ4n) is 3.58. The summed E-state index contributed by atoms with van der Waals surface area (Å²) in [5, 5.41) is 20.4. The van der Waals surface area contributed by atoms with E-state index < -0.39 is 76.5 Å². The van der Waals surface area contributed by atoms with Crippen LogP contribution in [0.3, 0.4) is 0 Å². The van der Waals surface area contributed by atoms with E-state index in [1.807, 2.05) is 0 Å². The van der Waals surface area contributed by atoms with Crippen molar-refractivity contribution in [2.75, 3.05) is 6.61 Å². The van der Waals surface area contributed by atoms with Crippen LogP contribution in [0.4, 0.5) is 0 Å². The number of nitrogens with one attached hydrogen (secondary N) is 1. The van der Waals surface area contributed by atoms with Crippen LogP contribution in [0.2, 0.25) is 0 Å². The highest BCUT2D eigenvalue weighted by Crippen LogP contribution is 2.57. The van der Waals surface area contributed by atoms with Gasteiger partial charge in [-0.15, -0.1) is 0 Å². The van der Waals surface area contributed by atoms with Crippen molar-refractivity contribution in [2.24, 2.45) is 0 Å². The first-order valence-electron chi connectivity index (χ1n) is 10.2. The fraction of sp³-hybridized carbons (Fsp3) is 0.647. The third-order valence-corrected chi connectivity index (χ3v) is 7.52. The number of ether oxygens (including phenoxy) is 3. The smallest absolute Gasteiger partial charge is 0.386 e. The molecule has 16 nitrogen and oxygen atoms in total. The maximum absolute atomic E-state index is 12.3. The first kappa shape index (κ1) is 28.1. The highest BCUT2D eigenvalue weighted by Gasteiger charge is 2.45. The number of aliphatic hydroxyl groups is 2. The Hall–Kier alpha value is -1.52. The number of nitrogens with zero attached hydrogens (tertiary/aromatic N) is 1. The Morgan fingerprint density at radius 1 is 1.20 bits per heavy atom. The molecule has 0 amide bonds. The minimum atomic E-state index is -5.37. The van der Waals surface area contributed by atoms with Crippen molar-refractivity contribution < 1.29 is 57.1 Å². The van der Waals surface area contributed by atoms with Gasteiger partial charge < -0.3 is 39.1 Å². The summed E-state index contributed by atoms with van der Waals surface area (Å²) in [5.41, 5.74) is -1.22. The Balaban J connectivity index is 1.83. The molecule has 2 fully saturated rings. The SMILES string of the molecule is C=C1[C@@H](O)[C@@H](O[C@H]2C[C@H](n3cc(C)c(=O)[nH]c3=O)O[C@@H]2COP(=O)(O)OP(=O)(O)O)O[C@@H](C)[C@@H]1O. The number of aromatic amines is 1. The summed E-state index contributed by atoms with van der Waals surface area (Å²) >= 11 is 0. The summed E-state index contributed by atoms with van der Waals surface area (Å²) in [5.74, 6) is 0. The quantitative estimate of drug-likeness (QED) is 0.166. The minimum Gasteiger partial charge on any atom is -0.386 e. The minimum absolute atomic E-state index is 0.0272. The predicted octanol–water partition coefficient (Wildman–Crippen LogP) is -1.23. The van der Waals surface area contributed by atoms with Crippen LogP contribution in [-0.4, -0.2) is 77.9 Å². The molecule has 35 heavy (non-hydrogen) atoms. The van der Waals surface area contributed by atoms with E-state index in [1.54, 1.807) is 0 Å². The number of rotatable bonds is 8. The Labute approximate surface area is 197 Å². The molecule has 2 aliphatic rings. The Morgan fingerprint density at radius 3 is 2.49 bits per heavy atom. The van der Waals surface area contributed by atoms with Crippen molar-refractivity contribution in [1.82, 2.24) is 9.55 Å². The average molecular weight is 544 g/mol. The second-order valence-corrected chi connectivity index (χ2v) is 10.9. The van der Waals surface area contributed by atoms with Gasteiger partial charge in [-0.1, -0.05) is 6.58 Å². The highest BCUT2D eigenvalue weighted by molar-refractivity contribution is 7.60. The van der Waals surface area contributed by atoms with E-state index in [4.69, 9.17) is 24.0 Å². The Bertz CT molecular complexity index is 1160. The Morgan fingerprint density at radius 2 is 1.86 bits per heavy atom. The second-order valence-electron chi connectivity index (χ2n) is 8.03. The van der Waals surface area contributed by atoms with Crippen LogP contribution in [-0.2, 0) is 32.2 Å². The molecular weight excluding hydrogens is 518 g/mol. The van der Waals surface area contributed by atoms with Crippen LogP contribution in [0.15, 0.2) is 27.9 Å². The maximum Gasteiger partial charge on any atom is 0.481 e. The number of aryl methyl sites for hydroxylation is 1. The summed E-state index contributed by atoms with van der Waals surface area (Å²) in [6.45, 7) is 5.77. The number of aliphatic hydroxyl groups excluding tert-OH is 2. The highest BCUT2D eigenvalue weighted by atomic mass is 31.3. The van der Waals surface area contributed by atoms with Gasteiger partial charge in [0.2, 0.25) is 0 Å². The molecule has 3 heterocycles. The third kappa shape index (κ3) is 6.83. The molecule has 1 aromatic heterocycles. The monoisotopic (exact) mass is 544 g/mol. The standard InChI is InChI=1S/C17H26N2O14P2/c1-7-5-19(17(23)18-15(7)22)12-4-10(32-16-14(21)8(2)13(20)9(3)30-16)11(31-12)6-29-35(27,28)33-34(24,25)26/h5,9-14,16,20-21H,2,4,6H2,1,3H3,(H,27,28)(H,18,22,23)(H2,24,25,26)/t9-,10-,11+,12+,13+,14+,16+/m0/s1. The van der Waals surface area contributed by atoms with Gasteiger partial charge in [0.15, 0.2) is 6.29 Å². The van der Waals surface area contributed by atoms with Gasteiger partial charge in [-0.25, -0.2) is 13.9 Å². The van der Waals surface area contributed by atoms with Gasteiger partial charge in [-0.05, 0) is 19.4 Å². The number of phosphoric ester groups is 1. The number of hydrogen-bond acceptors (Lipinski definition) is 11. The molecule has 3 rings (SSSR count). The topological polar surface area (TPSA) is 236 Å². The van der Waals surface area contributed by atoms with Crippen LogP contribution in [0.25, 0.3) is 0 Å². The van der Waals surface area contributed by atoms with Gasteiger partial charge in [0.25, 0.3) is 5.56 Å². The lowest BCUT2D eigenvalue weighted by Gasteiger charge is -2.38. The largest absolute Gasteiger partial charge is 0.481 e. The number of H-pyrrole nitrogens is 1. The number of aromatic nitrogens is 2. The van der Waals surface area contributed by atoms with E-state index in [9.17, 15) is 33.8 Å². The molecule has 1 unspecified atom stereocenters. The molecule has 6 N–H and O–H groups in total. The zero-order valence-electron chi connectivity index (χ0n) is 18.5. The summed E-state index contributed by atoms with van der Waals surface area (Å²) in [6.07, 6.45) is -7.05. The van der Waals surface area contributed by atoms with E-state index in [2.05, 4.69) is 20.4 Å². The third-order valence-electron chi connectivity index (χ3n) is 5.37. The summed E-state index contributed by atoms with van der Waals surface area (Å²) < 4.78 is 49.2. The van der Waals surface area contributed by atoms with Gasteiger partial charge in [0, 0.05) is 18.2 Å². The normalized spacial score (nSPS) is 33.6. The second kappa shape index (κ2) is 10.5. The molecular formula is C17H26N2O14P2. The summed E-state index contributed by atoms with van der Waals surface area (Å²) in [6, 6.07) is 0. The molecule has 0 aliphatic carbocycles. The van der Waals surface area contributed by atoms with E-state index in [1.165, 1.54) is 20.0 Å². The summed E-state index contributed by atoms with van der Waals surface area (Å²) in [7, 11) is -10.6. The van der Waals surface area contributed by atoms with Gasteiger partial charge in [-0.2, -0.15) is 4.31 Å². The molecule has 0 saturated carbocycles. The van der Waals surface area contributed by atoms with E-state index in [-0.39, 0.29) is 17.6 Å². The molecule has 1 aromatic rings. The maximum atomic E-state index is 12.3. The molecule has 198 valence electrons. The van der Waals surface area contributed by atoms with Gasteiger partial charge in [-0.3, -0.25) is 18.9 Å². The van der Waals surface area contributed by atoms with Crippen molar-refractivity contribution in [3.05, 3.63) is 44.8 Å². The van der Waals surface area contributed by atoms with Crippen LogP contribution in [0, 0.1) is 6.92 Å². The van der Waals surface area contributed by atoms with E-state index in [0.717, 1.165) is 4.57 Å². The van der Waals surface area contributed by atoms with Crippen LogP contribution >= 0.6 is 15.6 Å². The van der Waals surface area contributed by atoms with Gasteiger partial charge >= 0.3 is 21.3 Å². The molecule has 8 atom stereocenters. The molecule has 18 heteroatoms. The average Bonchev–Trinajstić information content (AvgIpc) is 3.12. The van der Waals surface area contributed by atoms with Crippen molar-refractivity contribution in [1.29, 1.82) is 0 Å². The first-order valence-corrected chi connectivity index (χ1v) is 13.2. The lowest BCUT2D eigenvalue weighted by molar-refractivity contribution is -0.261. The van der Waals surface area contributed by atoms with Crippen LogP contribution in [0.1, 0.15) is 25.1 Å². The van der Waals surface area contributed by atoms with Crippen molar-refractivity contribution in [3.8, 4) is 0 Å². The number of hydrogen-bond donors (Lipinski definition) is 6. The van der Waals surface area contributed by atoms with E-state index in [0.29, 0.717) is 0 Å². The van der Waals surface area contributed by atoms with Crippen LogP contribution < -0.4 is 11.2 Å². The first-order chi connectivity index (χ1) is 16.1. The molecule has 2 saturated heterocycles. The van der Waals surface area contributed by atoms with Crippen molar-refractivity contribution in [2.45, 2.75) is 63.3 Å². The molecule has 2 aliphatic heterocycles. The number of phosphoric acid groups is 2. The lowest BCUT2D eigenvalue weighted by Crippen LogP contribution is -2.50. The van der Waals surface area contributed by atoms with Crippen LogP contribution in [0.5, 0.6) is 0 Å². The van der Waals surface area contributed by atoms with Crippen molar-refractivity contribution in [3.63, 3.8) is 0 Å². The zero-order valence-corrected chi connectivity index (χ0v) is 20.3. The summed E-state index contributed by atoms with van der Waals surface area (Å²) in [4.78, 5) is 53.2. The predicted molar refractivity (Wildman–Crippen MR) is 114 cm³/mol. The lowest BCUT2D eigenvalue weighted by atomic mass is 9.98. The zero-order chi connectivity index (χ0) is 26.3. The van der Waals surface area contributed by atoms with Gasteiger partial charge in [0.05, 0.1) is 18.8 Å². The molecule has 0 aromatic carbocycles. The molecule has 0 bridgehead atoms. The van der Waals surface area contributed by atoms with E-state index >= 15 is 0 Å². The Kier molecular flexibility index (Phi) is 8.38. The van der Waals surface area contributed by atoms with Crippen molar-refractivity contribution >= 4 is 15.6 Å². The fourth-order valence-corrected chi connectivity index (χ4v) is 5.18. The molecule has 0 radical (unpaired) electrons. The van der Waals surface area contributed by atoms with Gasteiger partial charge in [0.1, 0.15) is 24.5 Å². The molecule has 0 spiro atoms.